The van der Waals surface area contributed by atoms with Gasteiger partial charge in [-0.1, -0.05) is 109 Å². The minimum absolute atomic E-state index is 0.147. The lowest BCUT2D eigenvalue weighted by atomic mass is 10.0. The maximum Gasteiger partial charge on any atom is 0.154 e. The predicted molar refractivity (Wildman–Crippen MR) is 121 cm³/mol. The SMILES string of the molecule is N=C(/N=C(\N)c1ccc(-c2ccccc2)cc1)c1ccc(-c2ccccc2)cc1. The summed E-state index contributed by atoms with van der Waals surface area (Å²) in [5, 5.41) is 8.29. The molecule has 0 aliphatic rings. The Balaban J connectivity index is 1.50. The van der Waals surface area contributed by atoms with Gasteiger partial charge >= 0.3 is 0 Å². The van der Waals surface area contributed by atoms with Crippen LogP contribution in [0.1, 0.15) is 11.1 Å². The Kier molecular flexibility index (Phi) is 5.30. The summed E-state index contributed by atoms with van der Waals surface area (Å²) in [6, 6.07) is 36.0. The summed E-state index contributed by atoms with van der Waals surface area (Å²) in [5.41, 5.74) is 12.2. The van der Waals surface area contributed by atoms with Crippen LogP contribution in [0, 0.1) is 5.41 Å². The van der Waals surface area contributed by atoms with Gasteiger partial charge in [0.25, 0.3) is 0 Å². The fourth-order valence-electron chi connectivity index (χ4n) is 3.16. The Hall–Kier alpha value is -3.98. The zero-order chi connectivity index (χ0) is 20.1. The monoisotopic (exact) mass is 375 g/mol. The number of nitrogens with two attached hydrogens (primary N) is 1. The van der Waals surface area contributed by atoms with E-state index in [1.165, 1.54) is 0 Å². The second kappa shape index (κ2) is 8.36. The highest BCUT2D eigenvalue weighted by Crippen LogP contribution is 2.21. The molecule has 0 spiro atoms. The van der Waals surface area contributed by atoms with Gasteiger partial charge in [-0.3, -0.25) is 5.41 Å². The molecule has 0 bridgehead atoms. The lowest BCUT2D eigenvalue weighted by molar-refractivity contribution is 1.40. The first-order valence-electron chi connectivity index (χ1n) is 9.45. The van der Waals surface area contributed by atoms with Crippen LogP contribution in [0.3, 0.4) is 0 Å². The van der Waals surface area contributed by atoms with Gasteiger partial charge < -0.3 is 5.73 Å². The third-order valence-corrected chi connectivity index (χ3v) is 4.79. The molecule has 3 heteroatoms. The minimum Gasteiger partial charge on any atom is -0.383 e. The zero-order valence-corrected chi connectivity index (χ0v) is 15.9. The lowest BCUT2D eigenvalue weighted by Crippen LogP contribution is -2.15. The van der Waals surface area contributed by atoms with Gasteiger partial charge in [0.1, 0.15) is 5.84 Å². The number of nitrogens with one attached hydrogen (secondary N) is 1. The van der Waals surface area contributed by atoms with Crippen LogP contribution in [0.25, 0.3) is 22.3 Å². The maximum atomic E-state index is 8.29. The first-order chi connectivity index (χ1) is 14.2. The van der Waals surface area contributed by atoms with Crippen LogP contribution in [0.2, 0.25) is 0 Å². The normalized spacial score (nSPS) is 11.2. The van der Waals surface area contributed by atoms with Crippen LogP contribution in [-0.2, 0) is 0 Å². The lowest BCUT2D eigenvalue weighted by Gasteiger charge is -2.06. The van der Waals surface area contributed by atoms with Gasteiger partial charge in [0.15, 0.2) is 5.84 Å². The second-order valence-corrected chi connectivity index (χ2v) is 6.73. The van der Waals surface area contributed by atoms with Gasteiger partial charge in [0.2, 0.25) is 0 Å². The highest BCUT2D eigenvalue weighted by atomic mass is 14.9. The van der Waals surface area contributed by atoms with Crippen molar-refractivity contribution >= 4 is 11.7 Å². The molecule has 3 nitrogen and oxygen atoms in total. The number of hydrogen-bond donors (Lipinski definition) is 2. The molecule has 0 heterocycles. The Bertz CT molecular complexity index is 1130. The molecule has 0 atom stereocenters. The Labute approximate surface area is 170 Å². The summed E-state index contributed by atoms with van der Waals surface area (Å²) in [5.74, 6) is 0.482. The highest BCUT2D eigenvalue weighted by Gasteiger charge is 2.05. The van der Waals surface area contributed by atoms with Crippen molar-refractivity contribution in [2.75, 3.05) is 0 Å². The quantitative estimate of drug-likeness (QED) is 0.346. The molecule has 0 saturated carbocycles. The van der Waals surface area contributed by atoms with Crippen molar-refractivity contribution in [2.45, 2.75) is 0 Å². The largest absolute Gasteiger partial charge is 0.383 e. The summed E-state index contributed by atoms with van der Waals surface area (Å²) in [6.07, 6.45) is 0. The summed E-state index contributed by atoms with van der Waals surface area (Å²) in [6.45, 7) is 0. The average Bonchev–Trinajstić information content (AvgIpc) is 2.80. The number of nitrogens with zero attached hydrogens (tertiary/aromatic N) is 1. The summed E-state index contributed by atoms with van der Waals surface area (Å²) < 4.78 is 0. The number of amidine groups is 2. The van der Waals surface area contributed by atoms with Gasteiger partial charge in [-0.25, -0.2) is 4.99 Å². The highest BCUT2D eigenvalue weighted by molar-refractivity contribution is 6.09. The van der Waals surface area contributed by atoms with E-state index in [2.05, 4.69) is 29.3 Å². The maximum absolute atomic E-state index is 8.29. The first-order valence-corrected chi connectivity index (χ1v) is 9.45. The van der Waals surface area contributed by atoms with E-state index in [9.17, 15) is 0 Å². The van der Waals surface area contributed by atoms with E-state index in [1.54, 1.807) is 0 Å². The summed E-state index contributed by atoms with van der Waals surface area (Å²) in [7, 11) is 0. The van der Waals surface area contributed by atoms with Crippen molar-refractivity contribution in [3.63, 3.8) is 0 Å². The zero-order valence-electron chi connectivity index (χ0n) is 15.9. The van der Waals surface area contributed by atoms with E-state index >= 15 is 0 Å². The molecule has 0 saturated heterocycles. The van der Waals surface area contributed by atoms with Gasteiger partial charge in [0.05, 0.1) is 0 Å². The summed E-state index contributed by atoms with van der Waals surface area (Å²) >= 11 is 0. The minimum atomic E-state index is 0.147. The molecular formula is C26H21N3. The fourth-order valence-corrected chi connectivity index (χ4v) is 3.16. The van der Waals surface area contributed by atoms with Crippen LogP contribution in [-0.4, -0.2) is 11.7 Å². The number of benzene rings is 4. The van der Waals surface area contributed by atoms with Crippen LogP contribution in [0.4, 0.5) is 0 Å². The van der Waals surface area contributed by atoms with Gasteiger partial charge in [0, 0.05) is 11.1 Å². The van der Waals surface area contributed by atoms with E-state index < -0.39 is 0 Å². The molecule has 0 aromatic heterocycles. The molecule has 4 aromatic carbocycles. The predicted octanol–water partition coefficient (Wildman–Crippen LogP) is 5.75. The third-order valence-electron chi connectivity index (χ3n) is 4.79. The molecule has 4 aromatic rings. The molecular weight excluding hydrogens is 354 g/mol. The average molecular weight is 375 g/mol. The third kappa shape index (κ3) is 4.30. The van der Waals surface area contributed by atoms with Gasteiger partial charge in [-0.15, -0.1) is 0 Å². The van der Waals surface area contributed by atoms with E-state index in [4.69, 9.17) is 11.1 Å². The topological polar surface area (TPSA) is 62.2 Å². The van der Waals surface area contributed by atoms with Crippen molar-refractivity contribution in [3.8, 4) is 22.3 Å². The van der Waals surface area contributed by atoms with Crippen LogP contribution >= 0.6 is 0 Å². The molecule has 0 radical (unpaired) electrons. The van der Waals surface area contributed by atoms with E-state index in [0.717, 1.165) is 33.4 Å². The fraction of sp³-hybridized carbons (Fsp3) is 0. The van der Waals surface area contributed by atoms with Crippen LogP contribution in [0.15, 0.2) is 114 Å². The van der Waals surface area contributed by atoms with E-state index in [1.807, 2.05) is 84.9 Å². The molecule has 3 N–H and O–H groups in total. The van der Waals surface area contributed by atoms with Crippen molar-refractivity contribution in [3.05, 3.63) is 120 Å². The Morgan fingerprint density at radius 1 is 0.517 bits per heavy atom. The van der Waals surface area contributed by atoms with Crippen LogP contribution in [0.5, 0.6) is 0 Å². The number of hydrogen-bond acceptors (Lipinski definition) is 1. The first kappa shape index (κ1) is 18.4. The molecule has 4 rings (SSSR count). The van der Waals surface area contributed by atoms with Crippen molar-refractivity contribution in [1.82, 2.24) is 0 Å². The molecule has 0 fully saturated rings. The van der Waals surface area contributed by atoms with Crippen LogP contribution < -0.4 is 5.73 Å². The van der Waals surface area contributed by atoms with E-state index in [0.29, 0.717) is 5.84 Å². The standard InChI is InChI=1S/C26H21N3/c27-25(23-15-11-21(12-16-23)19-7-3-1-4-8-19)29-26(28)24-17-13-22(14-18-24)20-9-5-2-6-10-20/h1-18H,(H3,27,28,29). The molecule has 0 unspecified atom stereocenters. The Morgan fingerprint density at radius 3 is 1.34 bits per heavy atom. The summed E-state index contributed by atoms with van der Waals surface area (Å²) in [4.78, 5) is 4.30. The smallest absolute Gasteiger partial charge is 0.154 e. The van der Waals surface area contributed by atoms with Gasteiger partial charge in [-0.2, -0.15) is 0 Å². The van der Waals surface area contributed by atoms with Crippen molar-refractivity contribution in [2.24, 2.45) is 10.7 Å². The number of aliphatic imine (C=N–C) groups is 1. The van der Waals surface area contributed by atoms with Crippen molar-refractivity contribution < 1.29 is 0 Å². The molecule has 29 heavy (non-hydrogen) atoms. The van der Waals surface area contributed by atoms with Gasteiger partial charge in [-0.05, 0) is 22.3 Å². The molecule has 140 valence electrons. The van der Waals surface area contributed by atoms with Crippen molar-refractivity contribution in [1.29, 1.82) is 5.41 Å². The van der Waals surface area contributed by atoms with E-state index in [-0.39, 0.29) is 5.84 Å². The Morgan fingerprint density at radius 2 is 0.897 bits per heavy atom. The molecule has 0 aliphatic heterocycles. The molecule has 0 aliphatic carbocycles. The molecule has 0 amide bonds. The number of rotatable bonds is 4. The second-order valence-electron chi connectivity index (χ2n) is 6.73.